The van der Waals surface area contributed by atoms with Crippen LogP contribution < -0.4 is 11.1 Å². The first-order chi connectivity index (χ1) is 6.74. The van der Waals surface area contributed by atoms with Crippen LogP contribution in [0.1, 0.15) is 12.5 Å². The lowest BCUT2D eigenvalue weighted by Gasteiger charge is -2.10. The number of aryl methyl sites for hydroxylation is 1. The van der Waals surface area contributed by atoms with Gasteiger partial charge in [-0.15, -0.1) is 10.6 Å². The topological polar surface area (TPSA) is 57.5 Å². The van der Waals surface area contributed by atoms with Crippen molar-refractivity contribution >= 4 is 21.8 Å². The van der Waals surface area contributed by atoms with Crippen molar-refractivity contribution in [3.8, 4) is 0 Å². The average Bonchev–Trinajstić information content (AvgIpc) is 2.72. The highest BCUT2D eigenvalue weighted by Gasteiger charge is 2.19. The first-order valence-electron chi connectivity index (χ1n) is 4.27. The van der Waals surface area contributed by atoms with E-state index in [1.165, 1.54) is 0 Å². The van der Waals surface area contributed by atoms with Gasteiger partial charge in [-0.2, -0.15) is 5.10 Å². The molecule has 2 heterocycles. The van der Waals surface area contributed by atoms with Crippen molar-refractivity contribution in [2.45, 2.75) is 13.5 Å². The monoisotopic (exact) mass is 258 g/mol. The summed E-state index contributed by atoms with van der Waals surface area (Å²) in [5.41, 5.74) is 6.49. The van der Waals surface area contributed by atoms with Gasteiger partial charge in [0.2, 0.25) is 0 Å². The number of amidine groups is 1. The highest BCUT2D eigenvalue weighted by molar-refractivity contribution is 9.10. The van der Waals surface area contributed by atoms with Gasteiger partial charge in [0.15, 0.2) is 5.84 Å². The lowest BCUT2D eigenvalue weighted by Crippen LogP contribution is -2.37. The molecule has 1 aromatic heterocycles. The van der Waals surface area contributed by atoms with Gasteiger partial charge in [0.05, 0.1) is 11.8 Å². The van der Waals surface area contributed by atoms with Crippen LogP contribution in [-0.2, 0) is 6.54 Å². The maximum Gasteiger partial charge on any atom is 0.177 e. The van der Waals surface area contributed by atoms with Crippen LogP contribution in [0, 0.1) is 0 Å². The minimum Gasteiger partial charge on any atom is -0.274 e. The number of hydrazone groups is 1. The number of halogens is 1. The maximum absolute atomic E-state index is 4.22. The highest BCUT2D eigenvalue weighted by Crippen LogP contribution is 2.18. The van der Waals surface area contributed by atoms with E-state index in [1.54, 1.807) is 11.2 Å². The molecule has 0 aliphatic carbocycles. The Morgan fingerprint density at radius 2 is 2.36 bits per heavy atom. The molecule has 1 aliphatic rings. The Kier molecular flexibility index (Phi) is 2.42. The molecular formula is C7H11BrN6. The predicted octanol–water partition coefficient (Wildman–Crippen LogP) is 0.282. The normalized spacial score (nSPS) is 15.6. The molecule has 2 rings (SSSR count). The van der Waals surface area contributed by atoms with Crippen LogP contribution in [0.4, 0.5) is 0 Å². The summed E-state index contributed by atoms with van der Waals surface area (Å²) < 4.78 is 2.81. The molecule has 0 radical (unpaired) electrons. The molecule has 0 unspecified atom stereocenters. The smallest absolute Gasteiger partial charge is 0.177 e. The number of nitrogens with zero attached hydrogens (tertiary/aromatic N) is 4. The second-order valence-corrected chi connectivity index (χ2v) is 3.63. The minimum absolute atomic E-state index is 0.816. The van der Waals surface area contributed by atoms with Crippen molar-refractivity contribution in [1.82, 2.24) is 25.9 Å². The molecule has 14 heavy (non-hydrogen) atoms. The summed E-state index contributed by atoms with van der Waals surface area (Å²) in [5, 5.41) is 10.1. The number of aromatic nitrogens is 2. The Labute approximate surface area is 90.0 Å². The SMILES string of the molecule is CCn1ncc(C2=NNNN2C)c1Br. The molecule has 6 nitrogen and oxygen atoms in total. The van der Waals surface area contributed by atoms with E-state index in [0.717, 1.165) is 22.5 Å². The molecule has 0 aromatic carbocycles. The standard InChI is InChI=1S/C7H11BrN6/c1-3-14-6(8)5(4-9-14)7-10-11-12-13(7)2/h4,11-12H,3H2,1-2H3. The summed E-state index contributed by atoms with van der Waals surface area (Å²) in [6.45, 7) is 2.87. The zero-order valence-electron chi connectivity index (χ0n) is 7.95. The zero-order chi connectivity index (χ0) is 10.1. The third kappa shape index (κ3) is 1.38. The second-order valence-electron chi connectivity index (χ2n) is 2.88. The quantitative estimate of drug-likeness (QED) is 0.801. The number of nitrogens with one attached hydrogen (secondary N) is 2. The first-order valence-corrected chi connectivity index (χ1v) is 5.07. The Balaban J connectivity index is 2.37. The van der Waals surface area contributed by atoms with Gasteiger partial charge >= 0.3 is 0 Å². The van der Waals surface area contributed by atoms with Crippen LogP contribution in [0.2, 0.25) is 0 Å². The van der Waals surface area contributed by atoms with Crippen LogP contribution >= 0.6 is 15.9 Å². The molecule has 1 aromatic rings. The van der Waals surface area contributed by atoms with Crippen LogP contribution in [0.15, 0.2) is 15.9 Å². The number of hydrogen-bond acceptors (Lipinski definition) is 5. The Bertz CT molecular complexity index is 370. The van der Waals surface area contributed by atoms with Crippen molar-refractivity contribution in [3.63, 3.8) is 0 Å². The van der Waals surface area contributed by atoms with Crippen molar-refractivity contribution in [3.05, 3.63) is 16.4 Å². The molecule has 0 spiro atoms. The Morgan fingerprint density at radius 1 is 1.57 bits per heavy atom. The number of hydrogen-bond donors (Lipinski definition) is 2. The van der Waals surface area contributed by atoms with E-state index in [4.69, 9.17) is 0 Å². The van der Waals surface area contributed by atoms with Gasteiger partial charge in [0.25, 0.3) is 0 Å². The van der Waals surface area contributed by atoms with Crippen LogP contribution in [0.5, 0.6) is 0 Å². The molecule has 0 saturated heterocycles. The van der Waals surface area contributed by atoms with Crippen LogP contribution in [0.3, 0.4) is 0 Å². The van der Waals surface area contributed by atoms with Gasteiger partial charge in [-0.25, -0.2) is 5.53 Å². The highest BCUT2D eigenvalue weighted by atomic mass is 79.9. The average molecular weight is 259 g/mol. The predicted molar refractivity (Wildman–Crippen MR) is 56.2 cm³/mol. The van der Waals surface area contributed by atoms with E-state index in [1.807, 2.05) is 18.7 Å². The molecule has 0 saturated carbocycles. The lowest BCUT2D eigenvalue weighted by atomic mass is 10.3. The van der Waals surface area contributed by atoms with E-state index < -0.39 is 0 Å². The number of hydrazine groups is 2. The second kappa shape index (κ2) is 3.58. The van der Waals surface area contributed by atoms with Gasteiger partial charge in [0, 0.05) is 13.6 Å². The number of rotatable bonds is 2. The fraction of sp³-hybridized carbons (Fsp3) is 0.429. The van der Waals surface area contributed by atoms with Crippen molar-refractivity contribution in [1.29, 1.82) is 0 Å². The van der Waals surface area contributed by atoms with Crippen LogP contribution in [0.25, 0.3) is 0 Å². The van der Waals surface area contributed by atoms with E-state index in [-0.39, 0.29) is 0 Å². The fourth-order valence-corrected chi connectivity index (χ4v) is 1.88. The zero-order valence-corrected chi connectivity index (χ0v) is 9.54. The molecule has 0 amide bonds. The summed E-state index contributed by atoms with van der Waals surface area (Å²) in [6.07, 6.45) is 1.79. The molecule has 0 bridgehead atoms. The molecule has 1 aliphatic heterocycles. The third-order valence-electron chi connectivity index (χ3n) is 2.01. The molecule has 7 heteroatoms. The van der Waals surface area contributed by atoms with Crippen molar-refractivity contribution in [2.75, 3.05) is 7.05 Å². The van der Waals surface area contributed by atoms with Gasteiger partial charge in [-0.05, 0) is 22.9 Å². The molecule has 2 N–H and O–H groups in total. The largest absolute Gasteiger partial charge is 0.274 e. The fourth-order valence-electron chi connectivity index (χ4n) is 1.26. The molecule has 0 fully saturated rings. The molecule has 0 atom stereocenters. The minimum atomic E-state index is 0.816. The van der Waals surface area contributed by atoms with Gasteiger partial charge < -0.3 is 0 Å². The van der Waals surface area contributed by atoms with E-state index >= 15 is 0 Å². The van der Waals surface area contributed by atoms with E-state index in [2.05, 4.69) is 37.2 Å². The summed E-state index contributed by atoms with van der Waals surface area (Å²) in [6, 6.07) is 0. The molecular weight excluding hydrogens is 248 g/mol. The summed E-state index contributed by atoms with van der Waals surface area (Å²) >= 11 is 3.49. The summed E-state index contributed by atoms with van der Waals surface area (Å²) in [4.78, 5) is 0. The Hall–Kier alpha value is -1.08. The van der Waals surface area contributed by atoms with Crippen LogP contribution in [-0.4, -0.2) is 27.7 Å². The van der Waals surface area contributed by atoms with E-state index in [0.29, 0.717) is 0 Å². The third-order valence-corrected chi connectivity index (χ3v) is 2.85. The van der Waals surface area contributed by atoms with Gasteiger partial charge in [-0.3, -0.25) is 9.69 Å². The van der Waals surface area contributed by atoms with Crippen molar-refractivity contribution in [2.24, 2.45) is 5.10 Å². The summed E-state index contributed by atoms with van der Waals surface area (Å²) in [7, 11) is 1.88. The lowest BCUT2D eigenvalue weighted by molar-refractivity contribution is 0.349. The van der Waals surface area contributed by atoms with E-state index in [9.17, 15) is 0 Å². The summed E-state index contributed by atoms with van der Waals surface area (Å²) in [5.74, 6) is 0.816. The maximum atomic E-state index is 4.22. The van der Waals surface area contributed by atoms with Gasteiger partial charge in [0.1, 0.15) is 4.60 Å². The van der Waals surface area contributed by atoms with Gasteiger partial charge in [-0.1, -0.05) is 0 Å². The van der Waals surface area contributed by atoms with Crippen molar-refractivity contribution < 1.29 is 0 Å². The first kappa shape index (κ1) is 9.47. The Morgan fingerprint density at radius 3 is 2.86 bits per heavy atom. The molecule has 76 valence electrons.